The molecular formula is C12H21N5O2. The van der Waals surface area contributed by atoms with Crippen molar-refractivity contribution >= 4 is 6.09 Å². The first kappa shape index (κ1) is 13.8. The van der Waals surface area contributed by atoms with E-state index >= 15 is 0 Å². The highest BCUT2D eigenvalue weighted by atomic mass is 16.6. The van der Waals surface area contributed by atoms with Crippen molar-refractivity contribution in [2.45, 2.75) is 51.4 Å². The van der Waals surface area contributed by atoms with Gasteiger partial charge in [-0.1, -0.05) is 5.21 Å². The maximum Gasteiger partial charge on any atom is 0.407 e. The van der Waals surface area contributed by atoms with Crippen molar-refractivity contribution < 1.29 is 9.53 Å². The molecular weight excluding hydrogens is 246 g/mol. The molecule has 0 saturated heterocycles. The second-order valence-electron chi connectivity index (χ2n) is 5.86. The van der Waals surface area contributed by atoms with Gasteiger partial charge in [-0.25, -0.2) is 4.79 Å². The highest BCUT2D eigenvalue weighted by Gasteiger charge is 2.38. The molecule has 7 nitrogen and oxygen atoms in total. The van der Waals surface area contributed by atoms with Gasteiger partial charge in [0.05, 0.1) is 5.69 Å². The second kappa shape index (κ2) is 5.16. The van der Waals surface area contributed by atoms with Gasteiger partial charge in [-0.3, -0.25) is 4.68 Å². The molecule has 2 N–H and O–H groups in total. The van der Waals surface area contributed by atoms with E-state index in [0.29, 0.717) is 6.54 Å². The van der Waals surface area contributed by atoms with Gasteiger partial charge in [0.2, 0.25) is 0 Å². The highest BCUT2D eigenvalue weighted by Crippen LogP contribution is 2.22. The first-order valence-electron chi connectivity index (χ1n) is 6.41. The van der Waals surface area contributed by atoms with E-state index in [2.05, 4.69) is 20.9 Å². The Hall–Kier alpha value is -1.63. The van der Waals surface area contributed by atoms with Gasteiger partial charge in [-0.05, 0) is 27.2 Å². The Kier molecular flexibility index (Phi) is 3.75. The predicted octanol–water partition coefficient (Wildman–Crippen LogP) is 0.570. The Balaban J connectivity index is 1.66. The fourth-order valence-corrected chi connectivity index (χ4v) is 1.75. The van der Waals surface area contributed by atoms with Gasteiger partial charge in [0.25, 0.3) is 0 Å². The topological polar surface area (TPSA) is 81.1 Å². The molecule has 1 saturated carbocycles. The third-order valence-electron chi connectivity index (χ3n) is 2.69. The lowest BCUT2D eigenvalue weighted by atomic mass is 10.2. The first-order valence-corrected chi connectivity index (χ1v) is 6.41. The molecule has 0 aromatic carbocycles. The summed E-state index contributed by atoms with van der Waals surface area (Å²) in [4.78, 5) is 11.5. The molecule has 0 bridgehead atoms. The Morgan fingerprint density at radius 3 is 2.84 bits per heavy atom. The van der Waals surface area contributed by atoms with E-state index in [4.69, 9.17) is 4.74 Å². The van der Waals surface area contributed by atoms with Crippen molar-refractivity contribution in [2.24, 2.45) is 7.05 Å². The summed E-state index contributed by atoms with van der Waals surface area (Å²) in [5.74, 6) is 0. The number of hydrogen-bond acceptors (Lipinski definition) is 5. The molecule has 1 heterocycles. The quantitative estimate of drug-likeness (QED) is 0.833. The van der Waals surface area contributed by atoms with Gasteiger partial charge < -0.3 is 15.4 Å². The lowest BCUT2D eigenvalue weighted by molar-refractivity contribution is 0.0522. The van der Waals surface area contributed by atoms with Crippen LogP contribution in [0.5, 0.6) is 0 Å². The van der Waals surface area contributed by atoms with Crippen molar-refractivity contribution in [3.63, 3.8) is 0 Å². The number of amides is 1. The van der Waals surface area contributed by atoms with Gasteiger partial charge in [0.1, 0.15) is 5.60 Å². The molecule has 106 valence electrons. The Morgan fingerprint density at radius 1 is 1.53 bits per heavy atom. The molecule has 1 fully saturated rings. The molecule has 1 amide bonds. The molecule has 0 radical (unpaired) electrons. The number of nitrogens with one attached hydrogen (secondary N) is 2. The predicted molar refractivity (Wildman–Crippen MR) is 69.4 cm³/mol. The standard InChI is InChI=1S/C12H21N5O2/c1-12(2,3)19-11(18)14-10-5-9(10)13-6-8-7-17(4)16-15-8/h7,9-10,13H,5-6H2,1-4H3,(H,14,18). The van der Waals surface area contributed by atoms with Crippen molar-refractivity contribution in [1.29, 1.82) is 0 Å². The number of nitrogens with zero attached hydrogens (tertiary/aromatic N) is 3. The number of alkyl carbamates (subject to hydrolysis) is 1. The monoisotopic (exact) mass is 267 g/mol. The van der Waals surface area contributed by atoms with Crippen LogP contribution in [0, 0.1) is 0 Å². The number of rotatable bonds is 4. The van der Waals surface area contributed by atoms with Gasteiger partial charge in [0, 0.05) is 31.9 Å². The summed E-state index contributed by atoms with van der Waals surface area (Å²) < 4.78 is 6.87. The van der Waals surface area contributed by atoms with E-state index in [-0.39, 0.29) is 18.2 Å². The summed E-state index contributed by atoms with van der Waals surface area (Å²) in [6, 6.07) is 0.432. The largest absolute Gasteiger partial charge is 0.444 e. The average molecular weight is 267 g/mol. The molecule has 0 aliphatic heterocycles. The fourth-order valence-electron chi connectivity index (χ4n) is 1.75. The van der Waals surface area contributed by atoms with Crippen LogP contribution in [0.2, 0.25) is 0 Å². The van der Waals surface area contributed by atoms with Crippen molar-refractivity contribution in [1.82, 2.24) is 25.6 Å². The summed E-state index contributed by atoms with van der Waals surface area (Å²) in [7, 11) is 1.83. The number of carbonyl (C=O) groups excluding carboxylic acids is 1. The first-order chi connectivity index (χ1) is 8.83. The second-order valence-corrected chi connectivity index (χ2v) is 5.86. The van der Waals surface area contributed by atoms with Crippen molar-refractivity contribution in [3.05, 3.63) is 11.9 Å². The van der Waals surface area contributed by atoms with E-state index in [0.717, 1.165) is 12.1 Å². The minimum Gasteiger partial charge on any atom is -0.444 e. The summed E-state index contributed by atoms with van der Waals surface area (Å²) in [5.41, 5.74) is 0.437. The fraction of sp³-hybridized carbons (Fsp3) is 0.750. The van der Waals surface area contributed by atoms with Crippen LogP contribution in [-0.2, 0) is 18.3 Å². The van der Waals surface area contributed by atoms with E-state index in [1.165, 1.54) is 0 Å². The maximum absolute atomic E-state index is 11.5. The zero-order chi connectivity index (χ0) is 14.0. The van der Waals surface area contributed by atoms with Crippen LogP contribution >= 0.6 is 0 Å². The number of hydrogen-bond donors (Lipinski definition) is 2. The molecule has 1 aliphatic rings. The molecule has 1 aromatic rings. The summed E-state index contributed by atoms with van der Waals surface area (Å²) >= 11 is 0. The zero-order valence-corrected chi connectivity index (χ0v) is 11.8. The molecule has 19 heavy (non-hydrogen) atoms. The Labute approximate surface area is 112 Å². The maximum atomic E-state index is 11.5. The number of carbonyl (C=O) groups is 1. The lowest BCUT2D eigenvalue weighted by Crippen LogP contribution is -2.36. The van der Waals surface area contributed by atoms with Gasteiger partial charge in [-0.2, -0.15) is 0 Å². The summed E-state index contributed by atoms with van der Waals surface area (Å²) in [6.07, 6.45) is 2.42. The minimum absolute atomic E-state index is 0.145. The van der Waals surface area contributed by atoms with Crippen LogP contribution in [0.1, 0.15) is 32.9 Å². The van der Waals surface area contributed by atoms with Crippen LogP contribution < -0.4 is 10.6 Å². The third-order valence-corrected chi connectivity index (χ3v) is 2.69. The van der Waals surface area contributed by atoms with Crippen LogP contribution in [0.4, 0.5) is 4.79 Å². The summed E-state index contributed by atoms with van der Waals surface area (Å²) in [6.45, 7) is 6.21. The van der Waals surface area contributed by atoms with E-state index in [1.54, 1.807) is 4.68 Å². The molecule has 7 heteroatoms. The Bertz CT molecular complexity index is 451. The van der Waals surface area contributed by atoms with E-state index in [9.17, 15) is 4.79 Å². The SMILES string of the molecule is Cn1cc(CNC2CC2NC(=O)OC(C)(C)C)nn1. The Morgan fingerprint density at radius 2 is 2.26 bits per heavy atom. The van der Waals surface area contributed by atoms with Crippen molar-refractivity contribution in [3.8, 4) is 0 Å². The number of ether oxygens (including phenoxy) is 1. The molecule has 1 aromatic heterocycles. The lowest BCUT2D eigenvalue weighted by Gasteiger charge is -2.19. The smallest absolute Gasteiger partial charge is 0.407 e. The van der Waals surface area contributed by atoms with E-state index < -0.39 is 5.60 Å². The van der Waals surface area contributed by atoms with Gasteiger partial charge >= 0.3 is 6.09 Å². The molecule has 2 rings (SSSR count). The number of aromatic nitrogens is 3. The molecule has 2 atom stereocenters. The molecule has 0 spiro atoms. The van der Waals surface area contributed by atoms with Gasteiger partial charge in [0.15, 0.2) is 0 Å². The van der Waals surface area contributed by atoms with Crippen LogP contribution in [0.3, 0.4) is 0 Å². The average Bonchev–Trinajstić information content (AvgIpc) is 2.84. The minimum atomic E-state index is -0.457. The third kappa shape index (κ3) is 4.51. The van der Waals surface area contributed by atoms with Crippen LogP contribution in [0.25, 0.3) is 0 Å². The summed E-state index contributed by atoms with van der Waals surface area (Å²) in [5, 5.41) is 14.0. The normalized spacial score (nSPS) is 22.1. The molecule has 1 aliphatic carbocycles. The van der Waals surface area contributed by atoms with Crippen LogP contribution in [-0.4, -0.2) is 38.8 Å². The van der Waals surface area contributed by atoms with Gasteiger partial charge in [-0.15, -0.1) is 5.10 Å². The number of aryl methyl sites for hydroxylation is 1. The highest BCUT2D eigenvalue weighted by molar-refractivity contribution is 5.68. The van der Waals surface area contributed by atoms with E-state index in [1.807, 2.05) is 34.0 Å². The van der Waals surface area contributed by atoms with Crippen molar-refractivity contribution in [2.75, 3.05) is 0 Å². The zero-order valence-electron chi connectivity index (χ0n) is 11.8. The van der Waals surface area contributed by atoms with Crippen LogP contribution in [0.15, 0.2) is 6.20 Å². The molecule has 2 unspecified atom stereocenters.